The van der Waals surface area contributed by atoms with Crippen molar-refractivity contribution in [3.05, 3.63) is 58.8 Å². The second-order valence-electron chi connectivity index (χ2n) is 4.08. The quantitative estimate of drug-likeness (QED) is 0.914. The third-order valence-corrected chi connectivity index (χ3v) is 2.63. The molecule has 1 heterocycles. The molecule has 1 amide bonds. The van der Waals surface area contributed by atoms with Crippen LogP contribution in [0.25, 0.3) is 0 Å². The number of amides is 1. The van der Waals surface area contributed by atoms with E-state index in [0.717, 1.165) is 6.07 Å². The lowest BCUT2D eigenvalue weighted by atomic mass is 10.1. The fourth-order valence-corrected chi connectivity index (χ4v) is 1.55. The van der Waals surface area contributed by atoms with Gasteiger partial charge in [-0.3, -0.25) is 4.79 Å². The van der Waals surface area contributed by atoms with Crippen LogP contribution in [0.3, 0.4) is 0 Å². The molecule has 2 aromatic rings. The number of carbonyl (C=O) groups is 1. The summed E-state index contributed by atoms with van der Waals surface area (Å²) in [4.78, 5) is 15.7. The van der Waals surface area contributed by atoms with Crippen LogP contribution in [0.5, 0.6) is 0 Å². The molecule has 20 heavy (non-hydrogen) atoms. The van der Waals surface area contributed by atoms with Gasteiger partial charge in [-0.15, -0.1) is 0 Å². The highest BCUT2D eigenvalue weighted by Crippen LogP contribution is 2.15. The SMILES string of the molecule is Cc1cc(C(=O)Nc2ccc(C#N)cn2)c(F)cc1F. The van der Waals surface area contributed by atoms with Gasteiger partial charge in [0.25, 0.3) is 5.91 Å². The van der Waals surface area contributed by atoms with Crippen LogP contribution in [-0.2, 0) is 0 Å². The van der Waals surface area contributed by atoms with Crippen LogP contribution in [0.15, 0.2) is 30.5 Å². The van der Waals surface area contributed by atoms with Gasteiger partial charge in [-0.2, -0.15) is 5.26 Å². The smallest absolute Gasteiger partial charge is 0.259 e. The molecule has 0 aliphatic rings. The molecular formula is C14H9F2N3O. The summed E-state index contributed by atoms with van der Waals surface area (Å²) >= 11 is 0. The summed E-state index contributed by atoms with van der Waals surface area (Å²) in [6, 6.07) is 6.57. The molecule has 0 unspecified atom stereocenters. The molecule has 0 aliphatic heterocycles. The van der Waals surface area contributed by atoms with Crippen LogP contribution >= 0.6 is 0 Å². The number of carbonyl (C=O) groups excluding carboxylic acids is 1. The first kappa shape index (κ1) is 13.6. The zero-order chi connectivity index (χ0) is 14.7. The highest BCUT2D eigenvalue weighted by atomic mass is 19.1. The second kappa shape index (κ2) is 5.45. The lowest BCUT2D eigenvalue weighted by Gasteiger charge is -2.07. The van der Waals surface area contributed by atoms with E-state index < -0.39 is 17.5 Å². The van der Waals surface area contributed by atoms with Gasteiger partial charge in [0.15, 0.2) is 0 Å². The van der Waals surface area contributed by atoms with E-state index in [1.165, 1.54) is 25.3 Å². The maximum absolute atomic E-state index is 13.5. The summed E-state index contributed by atoms with van der Waals surface area (Å²) in [6.07, 6.45) is 1.28. The van der Waals surface area contributed by atoms with E-state index in [4.69, 9.17) is 5.26 Å². The molecule has 100 valence electrons. The monoisotopic (exact) mass is 273 g/mol. The molecule has 0 saturated carbocycles. The minimum absolute atomic E-state index is 0.171. The molecule has 0 bridgehead atoms. The fourth-order valence-electron chi connectivity index (χ4n) is 1.55. The fraction of sp³-hybridized carbons (Fsp3) is 0.0714. The second-order valence-corrected chi connectivity index (χ2v) is 4.08. The highest BCUT2D eigenvalue weighted by Gasteiger charge is 2.15. The molecule has 0 radical (unpaired) electrons. The number of halogens is 2. The van der Waals surface area contributed by atoms with Gasteiger partial charge in [0.05, 0.1) is 11.1 Å². The van der Waals surface area contributed by atoms with Gasteiger partial charge in [-0.05, 0) is 30.7 Å². The Morgan fingerprint density at radius 1 is 1.30 bits per heavy atom. The van der Waals surface area contributed by atoms with E-state index in [1.807, 2.05) is 6.07 Å². The van der Waals surface area contributed by atoms with Crippen molar-refractivity contribution < 1.29 is 13.6 Å². The number of hydrogen-bond acceptors (Lipinski definition) is 3. The summed E-state index contributed by atoms with van der Waals surface area (Å²) < 4.78 is 26.7. The third kappa shape index (κ3) is 2.78. The molecule has 2 rings (SSSR count). The lowest BCUT2D eigenvalue weighted by molar-refractivity contribution is 0.102. The van der Waals surface area contributed by atoms with E-state index in [-0.39, 0.29) is 16.9 Å². The average Bonchev–Trinajstić information content (AvgIpc) is 2.43. The Morgan fingerprint density at radius 2 is 2.05 bits per heavy atom. The number of nitriles is 1. The molecule has 4 nitrogen and oxygen atoms in total. The normalized spacial score (nSPS) is 9.90. The number of anilines is 1. The number of benzene rings is 1. The highest BCUT2D eigenvalue weighted by molar-refractivity contribution is 6.04. The maximum atomic E-state index is 13.5. The lowest BCUT2D eigenvalue weighted by Crippen LogP contribution is -2.15. The van der Waals surface area contributed by atoms with Crippen LogP contribution in [0.2, 0.25) is 0 Å². The van der Waals surface area contributed by atoms with E-state index in [9.17, 15) is 13.6 Å². The Balaban J connectivity index is 2.24. The van der Waals surface area contributed by atoms with Crippen LogP contribution in [0.1, 0.15) is 21.5 Å². The summed E-state index contributed by atoms with van der Waals surface area (Å²) in [5.41, 5.74) is 0.242. The largest absolute Gasteiger partial charge is 0.306 e. The predicted octanol–water partition coefficient (Wildman–Crippen LogP) is 2.79. The summed E-state index contributed by atoms with van der Waals surface area (Å²) in [6.45, 7) is 1.44. The first-order valence-electron chi connectivity index (χ1n) is 5.64. The van der Waals surface area contributed by atoms with Crippen LogP contribution < -0.4 is 5.32 Å². The van der Waals surface area contributed by atoms with E-state index in [1.54, 1.807) is 0 Å². The molecule has 0 fully saturated rings. The zero-order valence-corrected chi connectivity index (χ0v) is 10.4. The van der Waals surface area contributed by atoms with E-state index in [2.05, 4.69) is 10.3 Å². The van der Waals surface area contributed by atoms with E-state index >= 15 is 0 Å². The van der Waals surface area contributed by atoms with Gasteiger partial charge in [-0.25, -0.2) is 13.8 Å². The number of hydrogen-bond donors (Lipinski definition) is 1. The van der Waals surface area contributed by atoms with Gasteiger partial charge >= 0.3 is 0 Å². The van der Waals surface area contributed by atoms with Crippen molar-refractivity contribution in [2.45, 2.75) is 6.92 Å². The van der Waals surface area contributed by atoms with Gasteiger partial charge in [0.2, 0.25) is 0 Å². The molecule has 0 saturated heterocycles. The van der Waals surface area contributed by atoms with Crippen molar-refractivity contribution in [3.8, 4) is 6.07 Å². The number of aromatic nitrogens is 1. The summed E-state index contributed by atoms with van der Waals surface area (Å²) in [7, 11) is 0. The van der Waals surface area contributed by atoms with Crippen molar-refractivity contribution in [2.24, 2.45) is 0 Å². The average molecular weight is 273 g/mol. The molecule has 0 atom stereocenters. The zero-order valence-electron chi connectivity index (χ0n) is 10.4. The molecule has 0 spiro atoms. The molecule has 6 heteroatoms. The molecule has 1 aromatic carbocycles. The van der Waals surface area contributed by atoms with Crippen LogP contribution in [-0.4, -0.2) is 10.9 Å². The van der Waals surface area contributed by atoms with Gasteiger partial charge in [-0.1, -0.05) is 0 Å². The first-order valence-corrected chi connectivity index (χ1v) is 5.64. The van der Waals surface area contributed by atoms with Crippen molar-refractivity contribution in [1.82, 2.24) is 4.98 Å². The van der Waals surface area contributed by atoms with Crippen molar-refractivity contribution >= 4 is 11.7 Å². The Bertz CT molecular complexity index is 706. The molecule has 1 N–H and O–H groups in total. The minimum atomic E-state index is -0.945. The number of nitrogens with one attached hydrogen (secondary N) is 1. The number of rotatable bonds is 2. The van der Waals surface area contributed by atoms with Crippen LogP contribution in [0.4, 0.5) is 14.6 Å². The molecule has 1 aromatic heterocycles. The number of pyridine rings is 1. The van der Waals surface area contributed by atoms with Crippen molar-refractivity contribution in [1.29, 1.82) is 5.26 Å². The summed E-state index contributed by atoms with van der Waals surface area (Å²) in [5, 5.41) is 11.0. The molecular weight excluding hydrogens is 264 g/mol. The summed E-state index contributed by atoms with van der Waals surface area (Å²) in [5.74, 6) is -2.21. The maximum Gasteiger partial charge on any atom is 0.259 e. The Morgan fingerprint density at radius 3 is 2.65 bits per heavy atom. The number of aryl methyl sites for hydroxylation is 1. The third-order valence-electron chi connectivity index (χ3n) is 2.63. The van der Waals surface area contributed by atoms with Gasteiger partial charge in [0.1, 0.15) is 23.5 Å². The Hall–Kier alpha value is -2.81. The van der Waals surface area contributed by atoms with Crippen LogP contribution in [0, 0.1) is 29.9 Å². The standard InChI is InChI=1S/C14H9F2N3O/c1-8-4-10(12(16)5-11(8)15)14(20)19-13-3-2-9(6-17)7-18-13/h2-5,7H,1H3,(H,18,19,20). The number of nitrogens with zero attached hydrogens (tertiary/aromatic N) is 2. The Labute approximate surface area is 113 Å². The molecule has 0 aliphatic carbocycles. The Kier molecular flexibility index (Phi) is 3.71. The topological polar surface area (TPSA) is 65.8 Å². The van der Waals surface area contributed by atoms with Gasteiger partial charge < -0.3 is 5.32 Å². The van der Waals surface area contributed by atoms with Crippen molar-refractivity contribution in [3.63, 3.8) is 0 Å². The van der Waals surface area contributed by atoms with E-state index in [0.29, 0.717) is 11.6 Å². The predicted molar refractivity (Wildman–Crippen MR) is 68.0 cm³/mol. The first-order chi connectivity index (χ1) is 9.51. The minimum Gasteiger partial charge on any atom is -0.306 e. The van der Waals surface area contributed by atoms with Crippen molar-refractivity contribution in [2.75, 3.05) is 5.32 Å². The van der Waals surface area contributed by atoms with Gasteiger partial charge in [0, 0.05) is 12.3 Å².